The van der Waals surface area contributed by atoms with E-state index >= 15 is 0 Å². The maximum atomic E-state index is 10.3. The molecule has 0 heterocycles. The van der Waals surface area contributed by atoms with Gasteiger partial charge in [0.2, 0.25) is 0 Å². The number of aldehydes is 1. The van der Waals surface area contributed by atoms with Crippen molar-refractivity contribution >= 4 is 24.8 Å². The molecule has 0 radical (unpaired) electrons. The summed E-state index contributed by atoms with van der Waals surface area (Å²) in [6.07, 6.45) is 1.54. The van der Waals surface area contributed by atoms with Gasteiger partial charge >= 0.3 is 0 Å². The van der Waals surface area contributed by atoms with Gasteiger partial charge < -0.3 is 9.90 Å². The quantitative estimate of drug-likeness (QED) is 0.585. The van der Waals surface area contributed by atoms with Gasteiger partial charge in [0.25, 0.3) is 0 Å². The summed E-state index contributed by atoms with van der Waals surface area (Å²) in [5, 5.41) is 9.17. The van der Waals surface area contributed by atoms with Gasteiger partial charge in [0.1, 0.15) is 12.4 Å². The Morgan fingerprint density at radius 1 is 1.53 bits per heavy atom. The summed E-state index contributed by atoms with van der Waals surface area (Å²) in [4.78, 5) is 14.1. The van der Waals surface area contributed by atoms with Crippen LogP contribution in [0, 0.1) is 0 Å². The van der Waals surface area contributed by atoms with Crippen LogP contribution in [0.3, 0.4) is 0 Å². The van der Waals surface area contributed by atoms with Crippen molar-refractivity contribution in [3.05, 3.63) is 35.9 Å². The fourth-order valence-corrected chi connectivity index (χ4v) is 1.33. The van der Waals surface area contributed by atoms with Crippen LogP contribution in [0.4, 0.5) is 5.69 Å². The summed E-state index contributed by atoms with van der Waals surface area (Å²) in [6.45, 7) is 7.10. The summed E-state index contributed by atoms with van der Waals surface area (Å²) in [7, 11) is 0. The van der Waals surface area contributed by atoms with Crippen LogP contribution in [0.15, 0.2) is 29.8 Å². The lowest BCUT2D eigenvalue weighted by atomic mass is 10.0. The van der Waals surface area contributed by atoms with Crippen molar-refractivity contribution in [2.24, 2.45) is 4.99 Å². The SMILES string of the molecule is C=Cc1cc(CC(O)C=O)ccc1N=C. The van der Waals surface area contributed by atoms with Gasteiger partial charge in [-0.15, -0.1) is 0 Å². The Hall–Kier alpha value is -1.74. The van der Waals surface area contributed by atoms with E-state index in [2.05, 4.69) is 18.3 Å². The first-order chi connectivity index (χ1) is 7.21. The van der Waals surface area contributed by atoms with Crippen molar-refractivity contribution in [2.75, 3.05) is 0 Å². The highest BCUT2D eigenvalue weighted by atomic mass is 16.3. The van der Waals surface area contributed by atoms with Gasteiger partial charge in [-0.05, 0) is 30.0 Å². The standard InChI is InChI=1S/C12H13NO2/c1-3-10-6-9(7-11(15)8-14)4-5-12(10)13-2/h3-6,8,11,15H,1-2,7H2. The fraction of sp³-hybridized carbons (Fsp3) is 0.167. The fourth-order valence-electron chi connectivity index (χ4n) is 1.33. The van der Waals surface area contributed by atoms with E-state index in [1.165, 1.54) is 0 Å². The Bertz CT molecular complexity index is 385. The summed E-state index contributed by atoms with van der Waals surface area (Å²) in [6, 6.07) is 5.43. The Morgan fingerprint density at radius 3 is 2.80 bits per heavy atom. The first-order valence-corrected chi connectivity index (χ1v) is 4.56. The molecule has 1 aromatic carbocycles. The summed E-state index contributed by atoms with van der Waals surface area (Å²) < 4.78 is 0. The second-order valence-corrected chi connectivity index (χ2v) is 3.16. The minimum atomic E-state index is -0.954. The Labute approximate surface area is 88.8 Å². The lowest BCUT2D eigenvalue weighted by molar-refractivity contribution is -0.114. The third-order valence-electron chi connectivity index (χ3n) is 2.08. The molecular formula is C12H13NO2. The van der Waals surface area contributed by atoms with Crippen LogP contribution in [0.2, 0.25) is 0 Å². The zero-order chi connectivity index (χ0) is 11.3. The first kappa shape index (κ1) is 11.3. The van der Waals surface area contributed by atoms with Crippen LogP contribution in [-0.2, 0) is 11.2 Å². The van der Waals surface area contributed by atoms with E-state index in [0.717, 1.165) is 16.8 Å². The number of aliphatic imine (C=N–C) groups is 1. The molecule has 15 heavy (non-hydrogen) atoms. The topological polar surface area (TPSA) is 49.7 Å². The number of carbonyl (C=O) groups excluding carboxylic acids is 1. The number of rotatable bonds is 5. The lowest BCUT2D eigenvalue weighted by Crippen LogP contribution is -2.11. The molecule has 0 aliphatic rings. The number of benzene rings is 1. The monoisotopic (exact) mass is 203 g/mol. The molecule has 1 N–H and O–H groups in total. The highest BCUT2D eigenvalue weighted by Gasteiger charge is 2.05. The smallest absolute Gasteiger partial charge is 0.148 e. The van der Waals surface area contributed by atoms with Crippen LogP contribution in [0.1, 0.15) is 11.1 Å². The normalized spacial score (nSPS) is 11.8. The Kier molecular flexibility index (Phi) is 3.94. The van der Waals surface area contributed by atoms with Gasteiger partial charge in [-0.2, -0.15) is 0 Å². The van der Waals surface area contributed by atoms with Gasteiger partial charge in [-0.3, -0.25) is 4.99 Å². The molecule has 0 spiro atoms. The minimum absolute atomic E-state index is 0.307. The van der Waals surface area contributed by atoms with Crippen molar-refractivity contribution in [3.8, 4) is 0 Å². The molecule has 3 nitrogen and oxygen atoms in total. The maximum absolute atomic E-state index is 10.3. The van der Waals surface area contributed by atoms with Gasteiger partial charge in [0.05, 0.1) is 5.69 Å². The maximum Gasteiger partial charge on any atom is 0.148 e. The summed E-state index contributed by atoms with van der Waals surface area (Å²) in [5.74, 6) is 0. The van der Waals surface area contributed by atoms with Crippen molar-refractivity contribution < 1.29 is 9.90 Å². The van der Waals surface area contributed by atoms with Crippen LogP contribution in [0.5, 0.6) is 0 Å². The van der Waals surface area contributed by atoms with Crippen molar-refractivity contribution in [2.45, 2.75) is 12.5 Å². The Morgan fingerprint density at radius 2 is 2.27 bits per heavy atom. The summed E-state index contributed by atoms with van der Waals surface area (Å²) >= 11 is 0. The average Bonchev–Trinajstić information content (AvgIpc) is 2.28. The number of hydrogen-bond acceptors (Lipinski definition) is 3. The molecule has 0 saturated heterocycles. The van der Waals surface area contributed by atoms with Gasteiger partial charge in [-0.1, -0.05) is 18.7 Å². The molecule has 0 aliphatic carbocycles. The number of aliphatic hydroxyl groups excluding tert-OH is 1. The lowest BCUT2D eigenvalue weighted by Gasteiger charge is -2.06. The molecule has 0 amide bonds. The van der Waals surface area contributed by atoms with E-state index < -0.39 is 6.10 Å². The van der Waals surface area contributed by atoms with Gasteiger partial charge in [-0.25, -0.2) is 0 Å². The van der Waals surface area contributed by atoms with Crippen LogP contribution < -0.4 is 0 Å². The molecule has 0 bridgehead atoms. The summed E-state index contributed by atoms with van der Waals surface area (Å²) in [5.41, 5.74) is 2.46. The van der Waals surface area contributed by atoms with Crippen LogP contribution in [-0.4, -0.2) is 24.2 Å². The predicted molar refractivity (Wildman–Crippen MR) is 61.5 cm³/mol. The molecule has 1 rings (SSSR count). The molecule has 0 aliphatic heterocycles. The molecule has 0 saturated carbocycles. The first-order valence-electron chi connectivity index (χ1n) is 4.56. The molecule has 0 fully saturated rings. The van der Waals surface area contributed by atoms with E-state index in [0.29, 0.717) is 12.7 Å². The molecule has 0 aromatic heterocycles. The van der Waals surface area contributed by atoms with Gasteiger partial charge in [0.15, 0.2) is 0 Å². The van der Waals surface area contributed by atoms with E-state index in [1.807, 2.05) is 12.1 Å². The number of aliphatic hydroxyl groups is 1. The van der Waals surface area contributed by atoms with E-state index in [-0.39, 0.29) is 0 Å². The third-order valence-corrected chi connectivity index (χ3v) is 2.08. The Balaban J connectivity index is 2.97. The van der Waals surface area contributed by atoms with Crippen molar-refractivity contribution in [3.63, 3.8) is 0 Å². The van der Waals surface area contributed by atoms with E-state index in [1.54, 1.807) is 12.1 Å². The van der Waals surface area contributed by atoms with Gasteiger partial charge in [0, 0.05) is 6.42 Å². The minimum Gasteiger partial charge on any atom is -0.385 e. The molecule has 78 valence electrons. The second kappa shape index (κ2) is 5.22. The molecule has 3 heteroatoms. The van der Waals surface area contributed by atoms with Crippen molar-refractivity contribution in [1.82, 2.24) is 0 Å². The zero-order valence-electron chi connectivity index (χ0n) is 8.39. The number of nitrogens with zero attached hydrogens (tertiary/aromatic N) is 1. The zero-order valence-corrected chi connectivity index (χ0v) is 8.39. The van der Waals surface area contributed by atoms with Crippen LogP contribution in [0.25, 0.3) is 6.08 Å². The largest absolute Gasteiger partial charge is 0.385 e. The number of hydrogen-bond donors (Lipinski definition) is 1. The molecular weight excluding hydrogens is 190 g/mol. The highest BCUT2D eigenvalue weighted by Crippen LogP contribution is 2.21. The van der Waals surface area contributed by atoms with E-state index in [4.69, 9.17) is 0 Å². The molecule has 1 unspecified atom stereocenters. The predicted octanol–water partition coefficient (Wildman–Crippen LogP) is 1.76. The molecule has 1 atom stereocenters. The second-order valence-electron chi connectivity index (χ2n) is 3.16. The van der Waals surface area contributed by atoms with Crippen molar-refractivity contribution in [1.29, 1.82) is 0 Å². The van der Waals surface area contributed by atoms with E-state index in [9.17, 15) is 9.90 Å². The third kappa shape index (κ3) is 2.86. The molecule has 1 aromatic rings. The number of carbonyl (C=O) groups is 1. The van der Waals surface area contributed by atoms with Crippen LogP contribution >= 0.6 is 0 Å². The average molecular weight is 203 g/mol. The highest BCUT2D eigenvalue weighted by molar-refractivity contribution is 5.66.